The van der Waals surface area contributed by atoms with Crippen molar-refractivity contribution in [3.05, 3.63) is 108 Å². The summed E-state index contributed by atoms with van der Waals surface area (Å²) < 4.78 is 13.1. The third-order valence-corrected chi connectivity index (χ3v) is 4.38. The summed E-state index contributed by atoms with van der Waals surface area (Å²) in [6.45, 7) is 0.495. The van der Waals surface area contributed by atoms with Gasteiger partial charge < -0.3 is 5.11 Å². The lowest BCUT2D eigenvalue weighted by atomic mass is 10.0. The van der Waals surface area contributed by atoms with Gasteiger partial charge in [-0.05, 0) is 34.9 Å². The fourth-order valence-corrected chi connectivity index (χ4v) is 2.96. The first-order chi connectivity index (χ1) is 12.6. The Labute approximate surface area is 151 Å². The Kier molecular flexibility index (Phi) is 4.29. The second-order valence-electron chi connectivity index (χ2n) is 6.25. The first-order valence-electron chi connectivity index (χ1n) is 8.40. The van der Waals surface area contributed by atoms with E-state index in [9.17, 15) is 9.50 Å². The molecule has 3 aromatic carbocycles. The van der Waals surface area contributed by atoms with Crippen LogP contribution in [0.5, 0.6) is 0 Å². The van der Waals surface area contributed by atoms with Crippen molar-refractivity contribution in [2.75, 3.05) is 0 Å². The van der Waals surface area contributed by atoms with Crippen molar-refractivity contribution in [2.45, 2.75) is 12.3 Å². The summed E-state index contributed by atoms with van der Waals surface area (Å²) in [7, 11) is 0. The summed E-state index contributed by atoms with van der Waals surface area (Å²) in [5.74, 6) is -1.92. The first-order valence-corrected chi connectivity index (χ1v) is 8.40. The SMILES string of the molecule is OC1(c2ccc(F)cc2)C=CN(Cc2ccc(-c3ccccc3)cc2)O1. The minimum absolute atomic E-state index is 0.352. The Balaban J connectivity index is 1.44. The van der Waals surface area contributed by atoms with Crippen LogP contribution < -0.4 is 0 Å². The van der Waals surface area contributed by atoms with E-state index in [0.29, 0.717) is 12.1 Å². The molecule has 0 aromatic heterocycles. The average Bonchev–Trinajstić information content (AvgIpc) is 3.05. The standard InChI is InChI=1S/C22H18FNO2/c23-21-12-10-20(11-13-21)22(25)14-15-24(26-22)16-17-6-8-19(9-7-17)18-4-2-1-3-5-18/h1-15,25H,16H2. The zero-order chi connectivity index (χ0) is 18.0. The summed E-state index contributed by atoms with van der Waals surface area (Å²) in [5, 5.41) is 12.2. The minimum Gasteiger partial charge on any atom is -0.357 e. The highest BCUT2D eigenvalue weighted by molar-refractivity contribution is 5.63. The average molecular weight is 347 g/mol. The van der Waals surface area contributed by atoms with Gasteiger partial charge in [0.2, 0.25) is 5.79 Å². The van der Waals surface area contributed by atoms with Gasteiger partial charge in [0, 0.05) is 11.8 Å². The number of benzene rings is 3. The van der Waals surface area contributed by atoms with Gasteiger partial charge in [0.15, 0.2) is 0 Å². The Morgan fingerprint density at radius 2 is 1.50 bits per heavy atom. The van der Waals surface area contributed by atoms with Crippen LogP contribution in [0.3, 0.4) is 0 Å². The lowest BCUT2D eigenvalue weighted by Crippen LogP contribution is -2.28. The molecule has 4 heteroatoms. The van der Waals surface area contributed by atoms with Crippen LogP contribution in [0, 0.1) is 5.82 Å². The molecule has 0 bridgehead atoms. The van der Waals surface area contributed by atoms with Crippen LogP contribution in [0.15, 0.2) is 91.1 Å². The van der Waals surface area contributed by atoms with Gasteiger partial charge in [0.25, 0.3) is 0 Å². The van der Waals surface area contributed by atoms with Gasteiger partial charge >= 0.3 is 0 Å². The maximum atomic E-state index is 13.1. The summed E-state index contributed by atoms with van der Waals surface area (Å²) in [6.07, 6.45) is 3.24. The molecule has 3 aromatic rings. The van der Waals surface area contributed by atoms with E-state index in [0.717, 1.165) is 11.1 Å². The number of hydrogen-bond acceptors (Lipinski definition) is 3. The van der Waals surface area contributed by atoms with Gasteiger partial charge in [-0.2, -0.15) is 0 Å². The van der Waals surface area contributed by atoms with E-state index in [1.807, 2.05) is 30.3 Å². The number of halogens is 1. The molecule has 130 valence electrons. The van der Waals surface area contributed by atoms with Crippen LogP contribution in [0.1, 0.15) is 11.1 Å². The molecular formula is C22H18FNO2. The molecule has 1 aliphatic rings. The molecule has 4 rings (SSSR count). The highest BCUT2D eigenvalue weighted by atomic mass is 19.1. The highest BCUT2D eigenvalue weighted by Crippen LogP contribution is 2.32. The topological polar surface area (TPSA) is 32.7 Å². The predicted octanol–water partition coefficient (Wildman–Crippen LogP) is 4.60. The van der Waals surface area contributed by atoms with E-state index < -0.39 is 5.79 Å². The molecule has 0 saturated heterocycles. The number of nitrogens with zero attached hydrogens (tertiary/aromatic N) is 1. The Morgan fingerprint density at radius 1 is 0.846 bits per heavy atom. The third kappa shape index (κ3) is 3.38. The lowest BCUT2D eigenvalue weighted by molar-refractivity contribution is -0.280. The molecule has 0 amide bonds. The van der Waals surface area contributed by atoms with Gasteiger partial charge in [-0.1, -0.05) is 66.7 Å². The van der Waals surface area contributed by atoms with Crippen LogP contribution in [0.25, 0.3) is 11.1 Å². The van der Waals surface area contributed by atoms with Crippen molar-refractivity contribution in [1.29, 1.82) is 0 Å². The quantitative estimate of drug-likeness (QED) is 0.749. The molecule has 1 unspecified atom stereocenters. The highest BCUT2D eigenvalue weighted by Gasteiger charge is 2.34. The molecule has 1 atom stereocenters. The number of hydroxylamine groups is 2. The maximum absolute atomic E-state index is 13.1. The molecule has 1 N–H and O–H groups in total. The van der Waals surface area contributed by atoms with Gasteiger partial charge in [0.1, 0.15) is 5.82 Å². The molecule has 0 saturated carbocycles. The van der Waals surface area contributed by atoms with Crippen molar-refractivity contribution in [1.82, 2.24) is 5.06 Å². The zero-order valence-electron chi connectivity index (χ0n) is 14.0. The maximum Gasteiger partial charge on any atom is 0.238 e. The number of rotatable bonds is 4. The van der Waals surface area contributed by atoms with Crippen LogP contribution in [-0.2, 0) is 17.2 Å². The first kappa shape index (κ1) is 16.5. The Hall–Kier alpha value is -2.95. The Morgan fingerprint density at radius 3 is 2.19 bits per heavy atom. The van der Waals surface area contributed by atoms with E-state index >= 15 is 0 Å². The number of hydrogen-bond donors (Lipinski definition) is 1. The van der Waals surface area contributed by atoms with Crippen molar-refractivity contribution in [3.8, 4) is 11.1 Å². The number of aliphatic hydroxyl groups is 1. The second kappa shape index (κ2) is 6.75. The van der Waals surface area contributed by atoms with Gasteiger partial charge in [-0.25, -0.2) is 9.23 Å². The van der Waals surface area contributed by atoms with E-state index in [1.165, 1.54) is 29.8 Å². The monoisotopic (exact) mass is 347 g/mol. The van der Waals surface area contributed by atoms with E-state index in [-0.39, 0.29) is 5.82 Å². The summed E-state index contributed by atoms with van der Waals surface area (Å²) in [6, 6.07) is 24.0. The second-order valence-corrected chi connectivity index (χ2v) is 6.25. The largest absolute Gasteiger partial charge is 0.357 e. The molecule has 1 aliphatic heterocycles. The van der Waals surface area contributed by atoms with Crippen molar-refractivity contribution in [3.63, 3.8) is 0 Å². The summed E-state index contributed by atoms with van der Waals surface area (Å²) in [5.41, 5.74) is 3.85. The van der Waals surface area contributed by atoms with Crippen LogP contribution in [-0.4, -0.2) is 10.2 Å². The van der Waals surface area contributed by atoms with E-state index in [1.54, 1.807) is 17.3 Å². The third-order valence-electron chi connectivity index (χ3n) is 4.38. The van der Waals surface area contributed by atoms with Crippen LogP contribution in [0.2, 0.25) is 0 Å². The summed E-state index contributed by atoms with van der Waals surface area (Å²) in [4.78, 5) is 5.65. The molecule has 1 heterocycles. The fraction of sp³-hybridized carbons (Fsp3) is 0.0909. The van der Waals surface area contributed by atoms with Crippen LogP contribution in [0.4, 0.5) is 4.39 Å². The zero-order valence-corrected chi connectivity index (χ0v) is 14.0. The lowest BCUT2D eigenvalue weighted by Gasteiger charge is -2.24. The molecule has 0 spiro atoms. The van der Waals surface area contributed by atoms with Crippen molar-refractivity contribution in [2.24, 2.45) is 0 Å². The molecule has 0 fully saturated rings. The molecule has 0 radical (unpaired) electrons. The fourth-order valence-electron chi connectivity index (χ4n) is 2.96. The minimum atomic E-state index is -1.57. The van der Waals surface area contributed by atoms with Gasteiger partial charge in [0.05, 0.1) is 6.54 Å². The predicted molar refractivity (Wildman–Crippen MR) is 97.9 cm³/mol. The van der Waals surface area contributed by atoms with Crippen LogP contribution >= 0.6 is 0 Å². The van der Waals surface area contributed by atoms with Crippen molar-refractivity contribution >= 4 is 0 Å². The molecule has 26 heavy (non-hydrogen) atoms. The molecular weight excluding hydrogens is 329 g/mol. The van der Waals surface area contributed by atoms with E-state index in [4.69, 9.17) is 4.84 Å². The normalized spacial score (nSPS) is 19.1. The summed E-state index contributed by atoms with van der Waals surface area (Å²) >= 11 is 0. The smallest absolute Gasteiger partial charge is 0.238 e. The van der Waals surface area contributed by atoms with E-state index in [2.05, 4.69) is 24.3 Å². The Bertz CT molecular complexity index is 907. The molecule has 3 nitrogen and oxygen atoms in total. The molecule has 0 aliphatic carbocycles. The van der Waals surface area contributed by atoms with Gasteiger partial charge in [-0.3, -0.25) is 5.06 Å². The van der Waals surface area contributed by atoms with Crippen molar-refractivity contribution < 1.29 is 14.3 Å². The van der Waals surface area contributed by atoms with Gasteiger partial charge in [-0.15, -0.1) is 0 Å².